The van der Waals surface area contributed by atoms with Crippen molar-refractivity contribution in [2.75, 3.05) is 5.32 Å². The number of carbonyl (C=O) groups excluding carboxylic acids is 2. The fourth-order valence-electron chi connectivity index (χ4n) is 3.82. The number of amides is 1. The smallest absolute Gasteiger partial charge is 0.412 e. The Labute approximate surface area is 237 Å². The van der Waals surface area contributed by atoms with Crippen molar-refractivity contribution in [2.24, 2.45) is 0 Å². The minimum Gasteiger partial charge on any atom is -0.444 e. The number of hydrogen-bond donors (Lipinski definition) is 2. The summed E-state index contributed by atoms with van der Waals surface area (Å²) in [7, 11) is 0. The van der Waals surface area contributed by atoms with Gasteiger partial charge in [-0.15, -0.1) is 0 Å². The normalized spacial score (nSPS) is 11.1. The summed E-state index contributed by atoms with van der Waals surface area (Å²) in [5.41, 5.74) is 1.52. The molecule has 1 amide bonds. The third kappa shape index (κ3) is 8.10. The first-order chi connectivity index (χ1) is 19.6. The van der Waals surface area contributed by atoms with Gasteiger partial charge < -0.3 is 14.2 Å². The van der Waals surface area contributed by atoms with Crippen LogP contribution in [0.4, 0.5) is 14.9 Å². The fourth-order valence-corrected chi connectivity index (χ4v) is 3.82. The molecule has 0 spiro atoms. The second kappa shape index (κ2) is 13.0. The lowest BCUT2D eigenvalue weighted by molar-refractivity contribution is -0.134. The first-order valence-corrected chi connectivity index (χ1v) is 13.3. The van der Waals surface area contributed by atoms with Crippen molar-refractivity contribution >= 4 is 17.7 Å². The number of carbonyl (C=O) groups is 2. The second-order valence-corrected chi connectivity index (χ2v) is 10.2. The number of H-pyrrole nitrogens is 1. The first-order valence-electron chi connectivity index (χ1n) is 13.3. The molecular weight excluding hydrogens is 529 g/mol. The quantitative estimate of drug-likeness (QED) is 0.152. The van der Waals surface area contributed by atoms with Crippen molar-refractivity contribution in [1.82, 2.24) is 20.2 Å². The molecular formula is C30H32FN5O5. The molecule has 0 saturated carbocycles. The Morgan fingerprint density at radius 3 is 2.44 bits per heavy atom. The van der Waals surface area contributed by atoms with Crippen LogP contribution in [-0.4, -0.2) is 37.8 Å². The standard InChI is InChI=1S/C30H32FN5O5/c1-5-6-7-8-25(37)40-24-14-15-32-26(27(24)35-29(38)41-30(2,3)4)19-9-11-21(12-10-19)39-28-22(31)17-20(18-33-28)23-13-16-34-36-23/h9-18H,5-8H2,1-4H3,(H,34,36)(H,35,38). The molecule has 0 bridgehead atoms. The average Bonchev–Trinajstić information content (AvgIpc) is 3.46. The summed E-state index contributed by atoms with van der Waals surface area (Å²) in [6, 6.07) is 11.1. The van der Waals surface area contributed by atoms with Crippen LogP contribution in [0.25, 0.3) is 22.5 Å². The van der Waals surface area contributed by atoms with Gasteiger partial charge in [0.2, 0.25) is 0 Å². The molecule has 4 aromatic rings. The van der Waals surface area contributed by atoms with Crippen molar-refractivity contribution in [3.8, 4) is 39.9 Å². The van der Waals surface area contributed by atoms with E-state index in [-0.39, 0.29) is 23.7 Å². The molecule has 0 aliphatic heterocycles. The summed E-state index contributed by atoms with van der Waals surface area (Å²) in [6.45, 7) is 7.27. The lowest BCUT2D eigenvalue weighted by Gasteiger charge is -2.21. The van der Waals surface area contributed by atoms with Gasteiger partial charge in [-0.3, -0.25) is 20.2 Å². The number of nitrogens with zero attached hydrogens (tertiary/aromatic N) is 3. The highest BCUT2D eigenvalue weighted by molar-refractivity contribution is 5.94. The van der Waals surface area contributed by atoms with Crippen molar-refractivity contribution < 1.29 is 28.2 Å². The van der Waals surface area contributed by atoms with Crippen LogP contribution in [0.3, 0.4) is 0 Å². The molecule has 1 aromatic carbocycles. The highest BCUT2D eigenvalue weighted by atomic mass is 19.1. The van der Waals surface area contributed by atoms with Crippen LogP contribution in [0.2, 0.25) is 0 Å². The minimum atomic E-state index is -0.748. The van der Waals surface area contributed by atoms with Gasteiger partial charge in [-0.05, 0) is 63.6 Å². The van der Waals surface area contributed by atoms with Gasteiger partial charge in [-0.25, -0.2) is 14.2 Å². The molecule has 0 atom stereocenters. The number of esters is 1. The van der Waals surface area contributed by atoms with Crippen molar-refractivity contribution in [3.63, 3.8) is 0 Å². The van der Waals surface area contributed by atoms with E-state index in [1.54, 1.807) is 57.3 Å². The Bertz CT molecular complexity index is 1480. The third-order valence-electron chi connectivity index (χ3n) is 5.71. The number of hydrogen-bond acceptors (Lipinski definition) is 8. The number of ether oxygens (including phenoxy) is 3. The molecule has 0 radical (unpaired) electrons. The highest BCUT2D eigenvalue weighted by Gasteiger charge is 2.22. The Kier molecular flexibility index (Phi) is 9.28. The molecule has 10 nitrogen and oxygen atoms in total. The third-order valence-corrected chi connectivity index (χ3v) is 5.71. The highest BCUT2D eigenvalue weighted by Crippen LogP contribution is 2.36. The Morgan fingerprint density at radius 2 is 1.78 bits per heavy atom. The number of pyridine rings is 2. The predicted molar refractivity (Wildman–Crippen MR) is 151 cm³/mol. The number of unbranched alkanes of at least 4 members (excludes halogenated alkanes) is 2. The number of aromatic nitrogens is 4. The van der Waals surface area contributed by atoms with Crippen LogP contribution in [0.15, 0.2) is 61.1 Å². The van der Waals surface area contributed by atoms with Crippen LogP contribution in [-0.2, 0) is 9.53 Å². The Hall–Kier alpha value is -4.80. The van der Waals surface area contributed by atoms with Gasteiger partial charge in [0.1, 0.15) is 17.0 Å². The van der Waals surface area contributed by atoms with Crippen molar-refractivity contribution in [3.05, 3.63) is 66.9 Å². The molecule has 2 N–H and O–H groups in total. The molecule has 11 heteroatoms. The van der Waals surface area contributed by atoms with Gasteiger partial charge in [0.15, 0.2) is 11.6 Å². The Balaban J connectivity index is 1.57. The maximum Gasteiger partial charge on any atom is 0.412 e. The summed E-state index contributed by atoms with van der Waals surface area (Å²) in [6.07, 6.45) is 6.62. The van der Waals surface area contributed by atoms with Crippen LogP contribution >= 0.6 is 0 Å². The summed E-state index contributed by atoms with van der Waals surface area (Å²) < 4.78 is 31.4. The van der Waals surface area contributed by atoms with E-state index in [4.69, 9.17) is 14.2 Å². The van der Waals surface area contributed by atoms with Crippen molar-refractivity contribution in [2.45, 2.75) is 59.0 Å². The monoisotopic (exact) mass is 561 g/mol. The van der Waals surface area contributed by atoms with E-state index in [1.807, 2.05) is 6.92 Å². The van der Waals surface area contributed by atoms with Gasteiger partial charge in [0.25, 0.3) is 5.88 Å². The number of benzene rings is 1. The summed E-state index contributed by atoms with van der Waals surface area (Å²) >= 11 is 0. The molecule has 0 fully saturated rings. The summed E-state index contributed by atoms with van der Waals surface area (Å²) in [5, 5.41) is 9.30. The molecule has 0 saturated heterocycles. The molecule has 3 aromatic heterocycles. The fraction of sp³-hybridized carbons (Fsp3) is 0.300. The maximum absolute atomic E-state index is 14.7. The molecule has 4 rings (SSSR count). The number of aromatic amines is 1. The Morgan fingerprint density at radius 1 is 1.00 bits per heavy atom. The lowest BCUT2D eigenvalue weighted by Crippen LogP contribution is -2.27. The summed E-state index contributed by atoms with van der Waals surface area (Å²) in [4.78, 5) is 33.7. The summed E-state index contributed by atoms with van der Waals surface area (Å²) in [5.74, 6) is -0.774. The molecule has 214 valence electrons. The van der Waals surface area contributed by atoms with Gasteiger partial charge >= 0.3 is 12.1 Å². The topological polar surface area (TPSA) is 128 Å². The number of nitrogens with one attached hydrogen (secondary N) is 2. The molecule has 0 aliphatic carbocycles. The average molecular weight is 562 g/mol. The zero-order chi connectivity index (χ0) is 29.4. The number of rotatable bonds is 10. The van der Waals surface area contributed by atoms with E-state index in [0.717, 1.165) is 12.8 Å². The van der Waals surface area contributed by atoms with E-state index >= 15 is 0 Å². The van der Waals surface area contributed by atoms with E-state index in [0.29, 0.717) is 34.7 Å². The largest absolute Gasteiger partial charge is 0.444 e. The minimum absolute atomic E-state index is 0.145. The van der Waals surface area contributed by atoms with Crippen LogP contribution in [0, 0.1) is 5.82 Å². The number of halogens is 1. The van der Waals surface area contributed by atoms with Gasteiger partial charge in [-0.1, -0.05) is 19.8 Å². The second-order valence-electron chi connectivity index (χ2n) is 10.2. The SMILES string of the molecule is CCCCCC(=O)Oc1ccnc(-c2ccc(Oc3ncc(-c4ccn[nH]4)cc3F)cc2)c1NC(=O)OC(C)(C)C. The van der Waals surface area contributed by atoms with E-state index in [1.165, 1.54) is 24.5 Å². The van der Waals surface area contributed by atoms with E-state index in [2.05, 4.69) is 25.5 Å². The lowest BCUT2D eigenvalue weighted by atomic mass is 10.1. The predicted octanol–water partition coefficient (Wildman–Crippen LogP) is 7.30. The zero-order valence-electron chi connectivity index (χ0n) is 23.4. The van der Waals surface area contributed by atoms with Gasteiger partial charge in [0.05, 0.1) is 11.4 Å². The first kappa shape index (κ1) is 29.2. The maximum atomic E-state index is 14.7. The van der Waals surface area contributed by atoms with E-state index in [9.17, 15) is 14.0 Å². The molecule has 41 heavy (non-hydrogen) atoms. The number of anilines is 1. The van der Waals surface area contributed by atoms with Crippen molar-refractivity contribution in [1.29, 1.82) is 0 Å². The van der Waals surface area contributed by atoms with Gasteiger partial charge in [-0.2, -0.15) is 5.10 Å². The molecule has 0 unspecified atom stereocenters. The zero-order valence-corrected chi connectivity index (χ0v) is 23.4. The van der Waals surface area contributed by atoms with Crippen LogP contribution in [0.5, 0.6) is 17.4 Å². The molecule has 0 aliphatic rings. The van der Waals surface area contributed by atoms with Gasteiger partial charge in [0, 0.05) is 42.2 Å². The van der Waals surface area contributed by atoms with Crippen LogP contribution < -0.4 is 14.8 Å². The molecule has 3 heterocycles. The van der Waals surface area contributed by atoms with Crippen LogP contribution in [0.1, 0.15) is 53.4 Å². The van der Waals surface area contributed by atoms with E-state index < -0.39 is 23.5 Å².